The zero-order valence-electron chi connectivity index (χ0n) is 10.1. The fourth-order valence-corrected chi connectivity index (χ4v) is 3.76. The molecule has 0 unspecified atom stereocenters. The van der Waals surface area contributed by atoms with Gasteiger partial charge in [0, 0.05) is 21.6 Å². The Morgan fingerprint density at radius 1 is 1.33 bits per heavy atom. The van der Waals surface area contributed by atoms with E-state index in [1.807, 2.05) is 23.9 Å². The second-order valence-electron chi connectivity index (χ2n) is 5.01. The summed E-state index contributed by atoms with van der Waals surface area (Å²) in [6, 6.07) is 6.12. The summed E-state index contributed by atoms with van der Waals surface area (Å²) in [7, 11) is 0. The highest BCUT2D eigenvalue weighted by Gasteiger charge is 2.29. The van der Waals surface area contributed by atoms with Crippen molar-refractivity contribution in [3.63, 3.8) is 0 Å². The number of nitrogens with one attached hydrogen (secondary N) is 1. The average molecular weight is 282 g/mol. The predicted molar refractivity (Wildman–Crippen MR) is 75.0 cm³/mol. The van der Waals surface area contributed by atoms with E-state index in [4.69, 9.17) is 11.6 Å². The molecule has 1 aromatic carbocycles. The van der Waals surface area contributed by atoms with Crippen molar-refractivity contribution in [3.05, 3.63) is 28.8 Å². The zero-order chi connectivity index (χ0) is 12.5. The first-order chi connectivity index (χ1) is 8.74. The molecule has 2 nitrogen and oxygen atoms in total. The number of carbonyl (C=O) groups excluding carboxylic acids is 1. The van der Waals surface area contributed by atoms with Crippen LogP contribution in [0.1, 0.15) is 37.3 Å². The first-order valence-electron chi connectivity index (χ1n) is 6.46. The van der Waals surface area contributed by atoms with Crippen LogP contribution in [0.25, 0.3) is 0 Å². The highest BCUT2D eigenvalue weighted by Crippen LogP contribution is 2.38. The van der Waals surface area contributed by atoms with E-state index in [1.165, 1.54) is 16.9 Å². The molecule has 1 heterocycles. The molecule has 0 aromatic heterocycles. The Labute approximate surface area is 116 Å². The third kappa shape index (κ3) is 2.39. The van der Waals surface area contributed by atoms with Gasteiger partial charge >= 0.3 is 0 Å². The summed E-state index contributed by atoms with van der Waals surface area (Å²) in [5.41, 5.74) is 1.19. The second-order valence-corrected chi connectivity index (χ2v) is 6.58. The number of halogens is 1. The van der Waals surface area contributed by atoms with E-state index < -0.39 is 0 Å². The predicted octanol–water partition coefficient (Wildman–Crippen LogP) is 3.79. The Kier molecular flexibility index (Phi) is 3.53. The van der Waals surface area contributed by atoms with Gasteiger partial charge in [0.05, 0.1) is 6.04 Å². The SMILES string of the molecule is O=C(N[C@H]1CCSc2ccc(Cl)cc21)C1CCC1. The Bertz CT molecular complexity index is 473. The van der Waals surface area contributed by atoms with E-state index in [9.17, 15) is 4.79 Å². The molecule has 0 saturated heterocycles. The van der Waals surface area contributed by atoms with Crippen LogP contribution in [0, 0.1) is 5.92 Å². The first-order valence-corrected chi connectivity index (χ1v) is 7.83. The minimum atomic E-state index is 0.146. The molecule has 4 heteroatoms. The minimum absolute atomic E-state index is 0.146. The summed E-state index contributed by atoms with van der Waals surface area (Å²) in [5, 5.41) is 3.94. The number of rotatable bonds is 2. The number of thioether (sulfide) groups is 1. The number of hydrogen-bond acceptors (Lipinski definition) is 2. The van der Waals surface area contributed by atoms with Crippen LogP contribution in [0.2, 0.25) is 5.02 Å². The zero-order valence-corrected chi connectivity index (χ0v) is 11.7. The molecule has 0 bridgehead atoms. The molecule has 1 N–H and O–H groups in total. The van der Waals surface area contributed by atoms with Gasteiger partial charge in [0.1, 0.15) is 0 Å². The molecule has 1 aromatic rings. The van der Waals surface area contributed by atoms with Crippen LogP contribution in [0.4, 0.5) is 0 Å². The maximum absolute atomic E-state index is 12.0. The lowest BCUT2D eigenvalue weighted by Crippen LogP contribution is -2.37. The minimum Gasteiger partial charge on any atom is -0.349 e. The highest BCUT2D eigenvalue weighted by atomic mass is 35.5. The molecule has 3 rings (SSSR count). The lowest BCUT2D eigenvalue weighted by atomic mass is 9.84. The van der Waals surface area contributed by atoms with E-state index in [1.54, 1.807) is 0 Å². The molecule has 1 atom stereocenters. The van der Waals surface area contributed by atoms with Crippen molar-refractivity contribution in [2.24, 2.45) is 5.92 Å². The van der Waals surface area contributed by atoms with Crippen LogP contribution in [-0.4, -0.2) is 11.7 Å². The van der Waals surface area contributed by atoms with Crippen molar-refractivity contribution in [2.45, 2.75) is 36.6 Å². The quantitative estimate of drug-likeness (QED) is 0.893. The van der Waals surface area contributed by atoms with Gasteiger partial charge in [-0.15, -0.1) is 11.8 Å². The third-order valence-electron chi connectivity index (χ3n) is 3.80. The molecule has 0 spiro atoms. The first kappa shape index (κ1) is 12.4. The largest absolute Gasteiger partial charge is 0.349 e. The average Bonchev–Trinajstić information content (AvgIpc) is 2.27. The van der Waals surface area contributed by atoms with Crippen molar-refractivity contribution >= 4 is 29.3 Å². The van der Waals surface area contributed by atoms with E-state index >= 15 is 0 Å². The monoisotopic (exact) mass is 281 g/mol. The molecular formula is C14H16ClNOS. The van der Waals surface area contributed by atoms with Crippen LogP contribution in [0.3, 0.4) is 0 Å². The van der Waals surface area contributed by atoms with Gasteiger partial charge in [-0.05, 0) is 43.0 Å². The summed E-state index contributed by atoms with van der Waals surface area (Å²) >= 11 is 7.90. The normalized spacial score (nSPS) is 23.1. The number of fused-ring (bicyclic) bond motifs is 1. The molecule has 18 heavy (non-hydrogen) atoms. The van der Waals surface area contributed by atoms with Gasteiger partial charge < -0.3 is 5.32 Å². The fraction of sp³-hybridized carbons (Fsp3) is 0.500. The van der Waals surface area contributed by atoms with Crippen LogP contribution < -0.4 is 5.32 Å². The molecule has 1 fully saturated rings. The van der Waals surface area contributed by atoms with Gasteiger partial charge in [0.15, 0.2) is 0 Å². The van der Waals surface area contributed by atoms with Crippen molar-refractivity contribution < 1.29 is 4.79 Å². The summed E-state index contributed by atoms with van der Waals surface area (Å²) in [6.45, 7) is 0. The smallest absolute Gasteiger partial charge is 0.223 e. The summed E-state index contributed by atoms with van der Waals surface area (Å²) in [6.07, 6.45) is 4.29. The number of carbonyl (C=O) groups is 1. The molecule has 2 aliphatic rings. The van der Waals surface area contributed by atoms with E-state index in [2.05, 4.69) is 11.4 Å². The topological polar surface area (TPSA) is 29.1 Å². The molecule has 96 valence electrons. The van der Waals surface area contributed by atoms with Crippen molar-refractivity contribution in [2.75, 3.05) is 5.75 Å². The van der Waals surface area contributed by atoms with Gasteiger partial charge in [0.25, 0.3) is 0 Å². The van der Waals surface area contributed by atoms with Gasteiger partial charge in [-0.25, -0.2) is 0 Å². The highest BCUT2D eigenvalue weighted by molar-refractivity contribution is 7.99. The maximum atomic E-state index is 12.0. The van der Waals surface area contributed by atoms with Gasteiger partial charge in [-0.3, -0.25) is 4.79 Å². The molecule has 1 saturated carbocycles. The van der Waals surface area contributed by atoms with E-state index in [0.29, 0.717) is 0 Å². The Hall–Kier alpha value is -0.670. The van der Waals surface area contributed by atoms with Gasteiger partial charge in [-0.1, -0.05) is 18.0 Å². The van der Waals surface area contributed by atoms with Crippen LogP contribution in [-0.2, 0) is 4.79 Å². The Morgan fingerprint density at radius 2 is 2.17 bits per heavy atom. The Morgan fingerprint density at radius 3 is 2.89 bits per heavy atom. The molecule has 1 aliphatic heterocycles. The second kappa shape index (κ2) is 5.14. The van der Waals surface area contributed by atoms with E-state index in [-0.39, 0.29) is 17.9 Å². The van der Waals surface area contributed by atoms with Gasteiger partial charge in [0.2, 0.25) is 5.91 Å². The summed E-state index contributed by atoms with van der Waals surface area (Å²) in [5.74, 6) is 1.54. The molecule has 1 aliphatic carbocycles. The fourth-order valence-electron chi connectivity index (χ4n) is 2.48. The lowest BCUT2D eigenvalue weighted by molar-refractivity contribution is -0.128. The number of amides is 1. The van der Waals surface area contributed by atoms with Crippen LogP contribution in [0.5, 0.6) is 0 Å². The molecule has 0 radical (unpaired) electrons. The number of benzene rings is 1. The molecular weight excluding hydrogens is 266 g/mol. The van der Waals surface area contributed by atoms with Crippen molar-refractivity contribution in [1.82, 2.24) is 5.32 Å². The van der Waals surface area contributed by atoms with Crippen molar-refractivity contribution in [1.29, 1.82) is 0 Å². The number of hydrogen-bond donors (Lipinski definition) is 1. The van der Waals surface area contributed by atoms with Crippen molar-refractivity contribution in [3.8, 4) is 0 Å². The van der Waals surface area contributed by atoms with E-state index in [0.717, 1.165) is 30.0 Å². The standard InChI is InChI=1S/C14H16ClNOS/c15-10-4-5-13-11(8-10)12(6-7-18-13)16-14(17)9-2-1-3-9/h4-5,8-9,12H,1-3,6-7H2,(H,16,17)/t12-/m0/s1. The molecule has 1 amide bonds. The third-order valence-corrected chi connectivity index (χ3v) is 5.16. The van der Waals surface area contributed by atoms with Gasteiger partial charge in [-0.2, -0.15) is 0 Å². The summed E-state index contributed by atoms with van der Waals surface area (Å²) in [4.78, 5) is 13.3. The van der Waals surface area contributed by atoms with Crippen LogP contribution in [0.15, 0.2) is 23.1 Å². The summed E-state index contributed by atoms with van der Waals surface area (Å²) < 4.78 is 0. The lowest BCUT2D eigenvalue weighted by Gasteiger charge is -2.30. The maximum Gasteiger partial charge on any atom is 0.223 e. The Balaban J connectivity index is 1.77. The van der Waals surface area contributed by atoms with Crippen LogP contribution >= 0.6 is 23.4 Å².